The molecule has 0 amide bonds. The Morgan fingerprint density at radius 3 is 2.24 bits per heavy atom. The van der Waals surface area contributed by atoms with E-state index in [0.717, 1.165) is 12.8 Å². The van der Waals surface area contributed by atoms with Crippen molar-refractivity contribution in [2.75, 3.05) is 0 Å². The zero-order valence-corrected chi connectivity index (χ0v) is 11.3. The molecule has 0 aromatic heterocycles. The summed E-state index contributed by atoms with van der Waals surface area (Å²) in [5, 5.41) is 10.1. The van der Waals surface area contributed by atoms with E-state index >= 15 is 0 Å². The second-order valence-electron chi connectivity index (χ2n) is 5.69. The van der Waals surface area contributed by atoms with Gasteiger partial charge in [0.15, 0.2) is 0 Å². The second kappa shape index (κ2) is 5.22. The number of hydrogen-bond donors (Lipinski definition) is 1. The maximum Gasteiger partial charge on any atom is 0.0571 e. The van der Waals surface area contributed by atoms with E-state index < -0.39 is 0 Å². The Morgan fingerprint density at radius 1 is 1.06 bits per heavy atom. The van der Waals surface area contributed by atoms with Crippen LogP contribution >= 0.6 is 0 Å². The summed E-state index contributed by atoms with van der Waals surface area (Å²) in [6, 6.07) is 4.52. The Kier molecular flexibility index (Phi) is 3.88. The van der Waals surface area contributed by atoms with Crippen LogP contribution in [0, 0.1) is 26.7 Å². The third kappa shape index (κ3) is 2.90. The Morgan fingerprint density at radius 2 is 1.65 bits per heavy atom. The van der Waals surface area contributed by atoms with Crippen molar-refractivity contribution in [1.29, 1.82) is 0 Å². The summed E-state index contributed by atoms with van der Waals surface area (Å²) in [5.41, 5.74) is 5.58. The van der Waals surface area contributed by atoms with E-state index in [1.54, 1.807) is 0 Å². The lowest BCUT2D eigenvalue weighted by Crippen LogP contribution is -2.26. The van der Waals surface area contributed by atoms with Crippen molar-refractivity contribution < 1.29 is 5.11 Å². The second-order valence-corrected chi connectivity index (χ2v) is 5.69. The van der Waals surface area contributed by atoms with E-state index in [-0.39, 0.29) is 6.10 Å². The molecule has 1 nitrogen and oxygen atoms in total. The van der Waals surface area contributed by atoms with E-state index in [0.29, 0.717) is 5.92 Å². The summed E-state index contributed by atoms with van der Waals surface area (Å²) in [6.45, 7) is 6.55. The molecular formula is C16H24O. The lowest BCUT2D eigenvalue weighted by Gasteiger charge is -2.28. The highest BCUT2D eigenvalue weighted by molar-refractivity contribution is 5.37. The minimum Gasteiger partial charge on any atom is -0.393 e. The molecule has 1 saturated carbocycles. The van der Waals surface area contributed by atoms with E-state index in [2.05, 4.69) is 32.9 Å². The highest BCUT2D eigenvalue weighted by Gasteiger charge is 2.24. The van der Waals surface area contributed by atoms with Crippen molar-refractivity contribution in [2.24, 2.45) is 5.92 Å². The zero-order valence-electron chi connectivity index (χ0n) is 11.3. The predicted molar refractivity (Wildman–Crippen MR) is 72.3 cm³/mol. The normalized spacial score (nSPS) is 24.9. The summed E-state index contributed by atoms with van der Waals surface area (Å²) >= 11 is 0. The summed E-state index contributed by atoms with van der Waals surface area (Å²) < 4.78 is 0. The number of benzene rings is 1. The van der Waals surface area contributed by atoms with Gasteiger partial charge in [-0.15, -0.1) is 0 Å². The van der Waals surface area contributed by atoms with Gasteiger partial charge >= 0.3 is 0 Å². The standard InChI is InChI=1S/C16H24O/c1-11-8-12(2)15(13(3)9-11)10-14-6-4-5-7-16(14)17/h8-9,14,16-17H,4-7,10H2,1-3H3. The van der Waals surface area contributed by atoms with Crippen LogP contribution in [0.2, 0.25) is 0 Å². The van der Waals surface area contributed by atoms with Crippen molar-refractivity contribution in [1.82, 2.24) is 0 Å². The van der Waals surface area contributed by atoms with Gasteiger partial charge in [-0.3, -0.25) is 0 Å². The van der Waals surface area contributed by atoms with Gasteiger partial charge in [0.1, 0.15) is 0 Å². The summed E-state index contributed by atoms with van der Waals surface area (Å²) in [7, 11) is 0. The average Bonchev–Trinajstić information content (AvgIpc) is 2.25. The molecule has 0 aliphatic heterocycles. The monoisotopic (exact) mass is 232 g/mol. The first kappa shape index (κ1) is 12.6. The minimum atomic E-state index is -0.0798. The fraction of sp³-hybridized carbons (Fsp3) is 0.625. The highest BCUT2D eigenvalue weighted by Crippen LogP contribution is 2.29. The molecule has 2 atom stereocenters. The molecule has 17 heavy (non-hydrogen) atoms. The van der Waals surface area contributed by atoms with Gasteiger partial charge < -0.3 is 5.11 Å². The van der Waals surface area contributed by atoms with Crippen molar-refractivity contribution in [2.45, 2.75) is 59.0 Å². The van der Waals surface area contributed by atoms with Crippen LogP contribution in [0.25, 0.3) is 0 Å². The Hall–Kier alpha value is -0.820. The molecule has 94 valence electrons. The van der Waals surface area contributed by atoms with Crippen LogP contribution in [0.4, 0.5) is 0 Å². The molecule has 0 saturated heterocycles. The van der Waals surface area contributed by atoms with Crippen molar-refractivity contribution in [3.8, 4) is 0 Å². The summed E-state index contributed by atoms with van der Waals surface area (Å²) in [6.07, 6.45) is 5.64. The highest BCUT2D eigenvalue weighted by atomic mass is 16.3. The van der Waals surface area contributed by atoms with Gasteiger partial charge in [-0.25, -0.2) is 0 Å². The van der Waals surface area contributed by atoms with Gasteiger partial charge in [-0.05, 0) is 62.6 Å². The van der Waals surface area contributed by atoms with Gasteiger partial charge in [-0.2, -0.15) is 0 Å². The predicted octanol–water partition coefficient (Wildman–Crippen LogP) is 3.71. The van der Waals surface area contributed by atoms with Crippen molar-refractivity contribution in [3.05, 3.63) is 34.4 Å². The topological polar surface area (TPSA) is 20.2 Å². The SMILES string of the molecule is Cc1cc(C)c(CC2CCCCC2O)c(C)c1. The molecule has 0 heterocycles. The molecule has 0 spiro atoms. The molecule has 1 aliphatic carbocycles. The van der Waals surface area contributed by atoms with Crippen LogP contribution in [-0.2, 0) is 6.42 Å². The molecule has 2 rings (SSSR count). The first-order valence-electron chi connectivity index (χ1n) is 6.82. The molecule has 1 fully saturated rings. The molecule has 1 heteroatoms. The maximum atomic E-state index is 10.1. The first-order valence-corrected chi connectivity index (χ1v) is 6.82. The van der Waals surface area contributed by atoms with Gasteiger partial charge in [0.25, 0.3) is 0 Å². The van der Waals surface area contributed by atoms with Crippen LogP contribution in [0.3, 0.4) is 0 Å². The lowest BCUT2D eigenvalue weighted by molar-refractivity contribution is 0.0699. The number of hydrogen-bond acceptors (Lipinski definition) is 1. The number of aliphatic hydroxyl groups excluding tert-OH is 1. The molecule has 1 aliphatic rings. The lowest BCUT2D eigenvalue weighted by atomic mass is 9.80. The van der Waals surface area contributed by atoms with Crippen LogP contribution in [0.5, 0.6) is 0 Å². The van der Waals surface area contributed by atoms with Crippen molar-refractivity contribution >= 4 is 0 Å². The molecule has 1 aromatic carbocycles. The Labute approximate surface area is 105 Å². The van der Waals surface area contributed by atoms with Gasteiger partial charge in [0.2, 0.25) is 0 Å². The number of aliphatic hydroxyl groups is 1. The molecule has 0 bridgehead atoms. The summed E-state index contributed by atoms with van der Waals surface area (Å²) in [5.74, 6) is 0.476. The smallest absolute Gasteiger partial charge is 0.0571 e. The molecule has 2 unspecified atom stereocenters. The number of rotatable bonds is 2. The van der Waals surface area contributed by atoms with Crippen LogP contribution in [-0.4, -0.2) is 11.2 Å². The van der Waals surface area contributed by atoms with Gasteiger partial charge in [0.05, 0.1) is 6.10 Å². The summed E-state index contributed by atoms with van der Waals surface area (Å²) in [4.78, 5) is 0. The fourth-order valence-electron chi connectivity index (χ4n) is 3.22. The molecule has 1 aromatic rings. The minimum absolute atomic E-state index is 0.0798. The van der Waals surface area contributed by atoms with Gasteiger partial charge in [0, 0.05) is 0 Å². The Bertz CT molecular complexity index is 372. The average molecular weight is 232 g/mol. The third-order valence-corrected chi connectivity index (χ3v) is 4.18. The van der Waals surface area contributed by atoms with E-state index in [9.17, 15) is 5.11 Å². The Balaban J connectivity index is 2.17. The van der Waals surface area contributed by atoms with E-state index in [1.807, 2.05) is 0 Å². The quantitative estimate of drug-likeness (QED) is 0.824. The van der Waals surface area contributed by atoms with Crippen molar-refractivity contribution in [3.63, 3.8) is 0 Å². The van der Waals surface area contributed by atoms with Crippen LogP contribution < -0.4 is 0 Å². The van der Waals surface area contributed by atoms with E-state index in [4.69, 9.17) is 0 Å². The third-order valence-electron chi connectivity index (χ3n) is 4.18. The molecular weight excluding hydrogens is 208 g/mol. The largest absolute Gasteiger partial charge is 0.393 e. The van der Waals surface area contributed by atoms with E-state index in [1.165, 1.54) is 41.5 Å². The van der Waals surface area contributed by atoms with Gasteiger partial charge in [-0.1, -0.05) is 30.5 Å². The van der Waals surface area contributed by atoms with Crippen LogP contribution in [0.1, 0.15) is 47.9 Å². The molecule has 0 radical (unpaired) electrons. The fourth-order valence-corrected chi connectivity index (χ4v) is 3.22. The number of aryl methyl sites for hydroxylation is 3. The zero-order chi connectivity index (χ0) is 12.4. The molecule has 1 N–H and O–H groups in total. The van der Waals surface area contributed by atoms with Crippen LogP contribution in [0.15, 0.2) is 12.1 Å². The maximum absolute atomic E-state index is 10.1. The first-order chi connectivity index (χ1) is 8.08.